The molecule has 1 aliphatic heterocycles. The van der Waals surface area contributed by atoms with Crippen LogP contribution in [-0.2, 0) is 0 Å². The molecule has 24 heavy (non-hydrogen) atoms. The zero-order valence-electron chi connectivity index (χ0n) is 12.5. The van der Waals surface area contributed by atoms with Gasteiger partial charge in [0.05, 0.1) is 18.1 Å². The highest BCUT2D eigenvalue weighted by Gasteiger charge is 2.17. The standard InChI is InChI=1S/C16H14N2O6/c19-13-8-10(2-4-12(13)18(21)22)16(20)17-11-3-5-14-15(9-11)24-7-1-6-23-14/h2-5,8-9,19H,1,6-7H2,(H,17,20). The van der Waals surface area contributed by atoms with E-state index in [1.54, 1.807) is 18.2 Å². The number of phenols is 1. The zero-order valence-corrected chi connectivity index (χ0v) is 12.5. The molecule has 0 saturated heterocycles. The summed E-state index contributed by atoms with van der Waals surface area (Å²) in [5.41, 5.74) is 0.134. The first-order valence-electron chi connectivity index (χ1n) is 7.23. The minimum atomic E-state index is -0.721. The lowest BCUT2D eigenvalue weighted by Crippen LogP contribution is -2.12. The lowest BCUT2D eigenvalue weighted by molar-refractivity contribution is -0.385. The number of carbonyl (C=O) groups excluding carboxylic acids is 1. The molecule has 2 aromatic rings. The number of phenolic OH excluding ortho intramolecular Hbond substituents is 1. The summed E-state index contributed by atoms with van der Waals surface area (Å²) in [4.78, 5) is 22.2. The number of nitrogens with zero attached hydrogens (tertiary/aromatic N) is 1. The second-order valence-corrected chi connectivity index (χ2v) is 5.13. The summed E-state index contributed by atoms with van der Waals surface area (Å²) in [6.07, 6.45) is 0.776. The largest absolute Gasteiger partial charge is 0.502 e. The van der Waals surface area contributed by atoms with Crippen LogP contribution in [0.25, 0.3) is 0 Å². The summed E-state index contributed by atoms with van der Waals surface area (Å²) in [7, 11) is 0. The number of hydrogen-bond donors (Lipinski definition) is 2. The highest BCUT2D eigenvalue weighted by molar-refractivity contribution is 6.04. The molecule has 8 heteroatoms. The van der Waals surface area contributed by atoms with E-state index >= 15 is 0 Å². The number of hydrogen-bond acceptors (Lipinski definition) is 6. The Labute approximate surface area is 136 Å². The Morgan fingerprint density at radius 1 is 1.12 bits per heavy atom. The molecule has 0 fully saturated rings. The van der Waals surface area contributed by atoms with Gasteiger partial charge in [0.1, 0.15) is 0 Å². The molecule has 8 nitrogen and oxygen atoms in total. The van der Waals surface area contributed by atoms with Gasteiger partial charge in [-0.15, -0.1) is 0 Å². The summed E-state index contributed by atoms with van der Waals surface area (Å²) >= 11 is 0. The number of fused-ring (bicyclic) bond motifs is 1. The van der Waals surface area contributed by atoms with Gasteiger partial charge in [0.25, 0.3) is 5.91 Å². The summed E-state index contributed by atoms with van der Waals surface area (Å²) < 4.78 is 11.1. The summed E-state index contributed by atoms with van der Waals surface area (Å²) in [6.45, 7) is 1.10. The fourth-order valence-electron chi connectivity index (χ4n) is 2.26. The molecule has 0 atom stereocenters. The average molecular weight is 330 g/mol. The van der Waals surface area contributed by atoms with Crippen LogP contribution in [0.3, 0.4) is 0 Å². The molecule has 1 heterocycles. The second kappa shape index (κ2) is 6.45. The molecule has 3 rings (SSSR count). The minimum absolute atomic E-state index is 0.102. The van der Waals surface area contributed by atoms with Gasteiger partial charge in [-0.3, -0.25) is 14.9 Å². The van der Waals surface area contributed by atoms with Crippen LogP contribution in [0.2, 0.25) is 0 Å². The lowest BCUT2D eigenvalue weighted by atomic mass is 10.1. The number of nitrogens with one attached hydrogen (secondary N) is 1. The topological polar surface area (TPSA) is 111 Å². The van der Waals surface area contributed by atoms with E-state index in [1.165, 1.54) is 6.07 Å². The fourth-order valence-corrected chi connectivity index (χ4v) is 2.26. The van der Waals surface area contributed by atoms with Gasteiger partial charge in [-0.2, -0.15) is 0 Å². The molecule has 0 aromatic heterocycles. The van der Waals surface area contributed by atoms with Crippen molar-refractivity contribution in [3.8, 4) is 17.2 Å². The Balaban J connectivity index is 1.78. The second-order valence-electron chi connectivity index (χ2n) is 5.13. The van der Waals surface area contributed by atoms with Gasteiger partial charge in [0.15, 0.2) is 17.2 Å². The maximum Gasteiger partial charge on any atom is 0.310 e. The number of ether oxygens (including phenoxy) is 2. The van der Waals surface area contributed by atoms with Crippen LogP contribution in [-0.4, -0.2) is 29.2 Å². The number of nitro benzene ring substituents is 1. The molecular formula is C16H14N2O6. The maximum atomic E-state index is 12.2. The van der Waals surface area contributed by atoms with E-state index in [-0.39, 0.29) is 5.56 Å². The summed E-state index contributed by atoms with van der Waals surface area (Å²) in [5, 5.41) is 22.9. The molecule has 1 amide bonds. The van der Waals surface area contributed by atoms with Crippen molar-refractivity contribution in [3.63, 3.8) is 0 Å². The van der Waals surface area contributed by atoms with Crippen molar-refractivity contribution < 1.29 is 24.3 Å². The zero-order chi connectivity index (χ0) is 17.1. The Hall–Kier alpha value is -3.29. The Kier molecular flexibility index (Phi) is 4.19. The number of aromatic hydroxyl groups is 1. The van der Waals surface area contributed by atoms with E-state index in [1.807, 2.05) is 0 Å². The number of anilines is 1. The third-order valence-corrected chi connectivity index (χ3v) is 3.44. The van der Waals surface area contributed by atoms with Crippen molar-refractivity contribution in [3.05, 3.63) is 52.1 Å². The lowest BCUT2D eigenvalue weighted by Gasteiger charge is -2.10. The molecule has 0 aliphatic carbocycles. The predicted octanol–water partition coefficient (Wildman–Crippen LogP) is 2.71. The van der Waals surface area contributed by atoms with Crippen molar-refractivity contribution in [1.29, 1.82) is 0 Å². The number of rotatable bonds is 3. The fraction of sp³-hybridized carbons (Fsp3) is 0.188. The molecule has 0 saturated carbocycles. The van der Waals surface area contributed by atoms with Gasteiger partial charge in [0, 0.05) is 29.8 Å². The van der Waals surface area contributed by atoms with Crippen LogP contribution in [0.1, 0.15) is 16.8 Å². The quantitative estimate of drug-likeness (QED) is 0.661. The van der Waals surface area contributed by atoms with Crippen molar-refractivity contribution >= 4 is 17.3 Å². The smallest absolute Gasteiger partial charge is 0.310 e. The predicted molar refractivity (Wildman–Crippen MR) is 84.8 cm³/mol. The average Bonchev–Trinajstić information content (AvgIpc) is 2.79. The monoisotopic (exact) mass is 330 g/mol. The third-order valence-electron chi connectivity index (χ3n) is 3.44. The van der Waals surface area contributed by atoms with Gasteiger partial charge >= 0.3 is 5.69 Å². The number of amides is 1. The molecule has 0 radical (unpaired) electrons. The Morgan fingerprint density at radius 3 is 2.58 bits per heavy atom. The van der Waals surface area contributed by atoms with Crippen LogP contribution in [0.15, 0.2) is 36.4 Å². The molecule has 2 N–H and O–H groups in total. The Bertz CT molecular complexity index is 805. The van der Waals surface area contributed by atoms with Gasteiger partial charge in [-0.25, -0.2) is 0 Å². The molecule has 0 spiro atoms. The van der Waals surface area contributed by atoms with Crippen molar-refractivity contribution in [2.45, 2.75) is 6.42 Å². The molecule has 2 aromatic carbocycles. The number of carbonyl (C=O) groups is 1. The molecule has 0 bridgehead atoms. The van der Waals surface area contributed by atoms with Gasteiger partial charge in [-0.05, 0) is 24.3 Å². The Morgan fingerprint density at radius 2 is 1.88 bits per heavy atom. The van der Waals surface area contributed by atoms with E-state index < -0.39 is 22.3 Å². The van der Waals surface area contributed by atoms with Crippen molar-refractivity contribution in [1.82, 2.24) is 0 Å². The van der Waals surface area contributed by atoms with Gasteiger partial charge in [0.2, 0.25) is 0 Å². The van der Waals surface area contributed by atoms with Crippen LogP contribution >= 0.6 is 0 Å². The van der Waals surface area contributed by atoms with Crippen molar-refractivity contribution in [2.24, 2.45) is 0 Å². The van der Waals surface area contributed by atoms with E-state index in [4.69, 9.17) is 9.47 Å². The van der Waals surface area contributed by atoms with Gasteiger partial charge < -0.3 is 19.9 Å². The summed E-state index contributed by atoms with van der Waals surface area (Å²) in [5.74, 6) is 0.0799. The van der Waals surface area contributed by atoms with Crippen molar-refractivity contribution in [2.75, 3.05) is 18.5 Å². The molecule has 124 valence electrons. The number of benzene rings is 2. The normalized spacial score (nSPS) is 13.0. The first kappa shape index (κ1) is 15.6. The minimum Gasteiger partial charge on any atom is -0.502 e. The number of nitro groups is 1. The SMILES string of the molecule is O=C(Nc1ccc2c(c1)OCCCO2)c1ccc([N+](=O)[O-])c(O)c1. The van der Waals surface area contributed by atoms with Crippen LogP contribution in [0.5, 0.6) is 17.2 Å². The molecule has 1 aliphatic rings. The first-order valence-corrected chi connectivity index (χ1v) is 7.23. The van der Waals surface area contributed by atoms with E-state index in [0.29, 0.717) is 30.4 Å². The highest BCUT2D eigenvalue weighted by atomic mass is 16.6. The van der Waals surface area contributed by atoms with Crippen LogP contribution < -0.4 is 14.8 Å². The third kappa shape index (κ3) is 3.22. The molecular weight excluding hydrogens is 316 g/mol. The van der Waals surface area contributed by atoms with E-state index in [2.05, 4.69) is 5.32 Å². The van der Waals surface area contributed by atoms with E-state index in [9.17, 15) is 20.0 Å². The van der Waals surface area contributed by atoms with Crippen LogP contribution in [0, 0.1) is 10.1 Å². The summed E-state index contributed by atoms with van der Waals surface area (Å²) in [6, 6.07) is 8.41. The van der Waals surface area contributed by atoms with E-state index in [0.717, 1.165) is 18.6 Å². The molecule has 0 unspecified atom stereocenters. The maximum absolute atomic E-state index is 12.2. The van der Waals surface area contributed by atoms with Crippen LogP contribution in [0.4, 0.5) is 11.4 Å². The first-order chi connectivity index (χ1) is 11.5. The van der Waals surface area contributed by atoms with Gasteiger partial charge in [-0.1, -0.05) is 0 Å². The highest BCUT2D eigenvalue weighted by Crippen LogP contribution is 2.32.